The molecule has 1 amide bonds. The Morgan fingerprint density at radius 3 is 2.25 bits per heavy atom. The van der Waals surface area contributed by atoms with Crippen molar-refractivity contribution >= 4 is 52.3 Å². The third kappa shape index (κ3) is 5.09. The Kier molecular flexibility index (Phi) is 6.68. The summed E-state index contributed by atoms with van der Waals surface area (Å²) in [5.41, 5.74) is 1.43. The predicted octanol–water partition coefficient (Wildman–Crippen LogP) is 5.44. The van der Waals surface area contributed by atoms with Crippen LogP contribution in [0.3, 0.4) is 0 Å². The van der Waals surface area contributed by atoms with E-state index in [4.69, 9.17) is 46.4 Å². The Balaban J connectivity index is 1.81. The highest BCUT2D eigenvalue weighted by Crippen LogP contribution is 2.22. The minimum Gasteiger partial charge on any atom is -0.348 e. The average molecular weight is 456 g/mol. The Labute approximate surface area is 181 Å². The Morgan fingerprint density at radius 2 is 1.57 bits per heavy atom. The smallest absolute Gasteiger partial charge is 0.269 e. The quantitative estimate of drug-likeness (QED) is 0.556. The lowest BCUT2D eigenvalue weighted by Gasteiger charge is -2.11. The zero-order chi connectivity index (χ0) is 20.3. The zero-order valence-corrected chi connectivity index (χ0v) is 17.4. The number of halogens is 4. The first kappa shape index (κ1) is 20.7. The Hall–Kier alpha value is -1.98. The lowest BCUT2D eigenvalue weighted by molar-refractivity contribution is 0.0950. The van der Waals surface area contributed by atoms with Crippen LogP contribution in [0.1, 0.15) is 21.5 Å². The minimum atomic E-state index is -0.415. The van der Waals surface area contributed by atoms with E-state index in [-0.39, 0.29) is 23.0 Å². The first-order chi connectivity index (χ1) is 13.3. The number of hydrogen-bond acceptors (Lipinski definition) is 2. The van der Waals surface area contributed by atoms with Gasteiger partial charge in [-0.25, -0.2) is 0 Å². The van der Waals surface area contributed by atoms with E-state index >= 15 is 0 Å². The van der Waals surface area contributed by atoms with Crippen molar-refractivity contribution in [1.82, 2.24) is 9.88 Å². The summed E-state index contributed by atoms with van der Waals surface area (Å²) >= 11 is 24.0. The lowest BCUT2D eigenvalue weighted by Crippen LogP contribution is -2.27. The number of nitrogens with zero attached hydrogens (tertiary/aromatic N) is 1. The molecule has 1 aromatic heterocycles. The molecule has 4 nitrogen and oxygen atoms in total. The summed E-state index contributed by atoms with van der Waals surface area (Å²) in [6.45, 7) is 0.475. The van der Waals surface area contributed by atoms with Crippen LogP contribution in [0.4, 0.5) is 0 Å². The molecule has 28 heavy (non-hydrogen) atoms. The maximum absolute atomic E-state index is 12.5. The number of rotatable bonds is 5. The molecule has 0 aliphatic rings. The molecule has 0 aliphatic carbocycles. The molecular formula is C20H14Cl4N2O2. The summed E-state index contributed by atoms with van der Waals surface area (Å²) < 4.78 is 1.34. The van der Waals surface area contributed by atoms with Crippen LogP contribution in [0.5, 0.6) is 0 Å². The summed E-state index contributed by atoms with van der Waals surface area (Å²) in [5.74, 6) is -0.354. The van der Waals surface area contributed by atoms with Crippen molar-refractivity contribution in [3.8, 4) is 0 Å². The van der Waals surface area contributed by atoms with Gasteiger partial charge in [-0.3, -0.25) is 9.59 Å². The normalized spacial score (nSPS) is 10.7. The van der Waals surface area contributed by atoms with E-state index in [1.807, 2.05) is 12.1 Å². The van der Waals surface area contributed by atoms with Gasteiger partial charge in [-0.2, -0.15) is 0 Å². The van der Waals surface area contributed by atoms with E-state index in [0.29, 0.717) is 27.2 Å². The molecule has 0 radical (unpaired) electrons. The van der Waals surface area contributed by atoms with Crippen LogP contribution in [0, 0.1) is 0 Å². The molecule has 0 unspecified atom stereocenters. The van der Waals surface area contributed by atoms with Crippen LogP contribution in [-0.4, -0.2) is 10.5 Å². The van der Waals surface area contributed by atoms with Crippen molar-refractivity contribution in [3.05, 3.63) is 102 Å². The highest BCUT2D eigenvalue weighted by Gasteiger charge is 2.13. The van der Waals surface area contributed by atoms with Crippen molar-refractivity contribution in [2.24, 2.45) is 0 Å². The van der Waals surface area contributed by atoms with Crippen molar-refractivity contribution in [1.29, 1.82) is 0 Å². The second-order valence-electron chi connectivity index (χ2n) is 6.05. The van der Waals surface area contributed by atoms with Gasteiger partial charge < -0.3 is 9.88 Å². The van der Waals surface area contributed by atoms with Gasteiger partial charge in [0.15, 0.2) is 0 Å². The van der Waals surface area contributed by atoms with Crippen molar-refractivity contribution in [2.75, 3.05) is 0 Å². The first-order valence-corrected chi connectivity index (χ1v) is 9.71. The number of pyridine rings is 1. The maximum atomic E-state index is 12.5. The molecule has 0 fully saturated rings. The monoisotopic (exact) mass is 454 g/mol. The SMILES string of the molecule is O=C(NCc1ccc(Cl)cc1)c1cc(Cl)c(=O)n(Cc2ccc(Cl)cc2Cl)c1. The fraction of sp³-hybridized carbons (Fsp3) is 0.100. The predicted molar refractivity (Wildman–Crippen MR) is 114 cm³/mol. The largest absolute Gasteiger partial charge is 0.348 e. The number of nitrogens with one attached hydrogen (secondary N) is 1. The topological polar surface area (TPSA) is 51.1 Å². The molecule has 0 saturated carbocycles. The highest BCUT2D eigenvalue weighted by molar-refractivity contribution is 6.35. The molecule has 3 rings (SSSR count). The molecule has 1 heterocycles. The van der Waals surface area contributed by atoms with Gasteiger partial charge in [0.05, 0.1) is 12.1 Å². The van der Waals surface area contributed by atoms with Crippen LogP contribution in [-0.2, 0) is 13.1 Å². The van der Waals surface area contributed by atoms with Crippen LogP contribution in [0.2, 0.25) is 20.1 Å². The summed E-state index contributed by atoms with van der Waals surface area (Å²) in [5, 5.41) is 4.28. The second-order valence-corrected chi connectivity index (χ2v) is 7.74. The van der Waals surface area contributed by atoms with E-state index in [1.54, 1.807) is 30.3 Å². The van der Waals surface area contributed by atoms with E-state index in [9.17, 15) is 9.59 Å². The highest BCUT2D eigenvalue weighted by atomic mass is 35.5. The van der Waals surface area contributed by atoms with Gasteiger partial charge in [0.2, 0.25) is 0 Å². The summed E-state index contributed by atoms with van der Waals surface area (Å²) in [6.07, 6.45) is 1.45. The second kappa shape index (κ2) is 9.01. The van der Waals surface area contributed by atoms with Gasteiger partial charge in [-0.05, 0) is 41.5 Å². The molecule has 1 N–H and O–H groups in total. The number of aromatic nitrogens is 1. The molecule has 3 aromatic rings. The Bertz CT molecular complexity index is 1080. The molecular weight excluding hydrogens is 442 g/mol. The average Bonchev–Trinajstić information content (AvgIpc) is 2.66. The van der Waals surface area contributed by atoms with Gasteiger partial charge in [0, 0.05) is 27.8 Å². The van der Waals surface area contributed by atoms with Gasteiger partial charge in [0.1, 0.15) is 5.02 Å². The molecule has 0 saturated heterocycles. The summed E-state index contributed by atoms with van der Waals surface area (Å²) in [7, 11) is 0. The first-order valence-electron chi connectivity index (χ1n) is 8.20. The molecule has 0 bridgehead atoms. The van der Waals surface area contributed by atoms with E-state index in [1.165, 1.54) is 16.8 Å². The van der Waals surface area contributed by atoms with Crippen molar-refractivity contribution in [3.63, 3.8) is 0 Å². The van der Waals surface area contributed by atoms with Crippen LogP contribution < -0.4 is 10.9 Å². The molecule has 2 aromatic carbocycles. The number of carbonyl (C=O) groups is 1. The van der Waals surface area contributed by atoms with Crippen molar-refractivity contribution in [2.45, 2.75) is 13.1 Å². The van der Waals surface area contributed by atoms with E-state index in [0.717, 1.165) is 5.56 Å². The molecule has 0 spiro atoms. The van der Waals surface area contributed by atoms with Gasteiger partial charge in [-0.1, -0.05) is 64.6 Å². The molecule has 0 atom stereocenters. The molecule has 8 heteroatoms. The third-order valence-corrected chi connectivity index (χ3v) is 5.14. The maximum Gasteiger partial charge on any atom is 0.269 e. The van der Waals surface area contributed by atoms with Crippen molar-refractivity contribution < 1.29 is 4.79 Å². The van der Waals surface area contributed by atoms with E-state index in [2.05, 4.69) is 5.32 Å². The third-order valence-electron chi connectivity index (χ3n) is 4.03. The number of carbonyl (C=O) groups excluding carboxylic acids is 1. The Morgan fingerprint density at radius 1 is 0.893 bits per heavy atom. The number of amides is 1. The molecule has 144 valence electrons. The van der Waals surface area contributed by atoms with Gasteiger partial charge in [-0.15, -0.1) is 0 Å². The van der Waals surface area contributed by atoms with Gasteiger partial charge >= 0.3 is 0 Å². The fourth-order valence-corrected chi connectivity index (χ4v) is 3.38. The van der Waals surface area contributed by atoms with Crippen LogP contribution in [0.25, 0.3) is 0 Å². The summed E-state index contributed by atoms with van der Waals surface area (Å²) in [6, 6.07) is 13.5. The summed E-state index contributed by atoms with van der Waals surface area (Å²) in [4.78, 5) is 24.9. The number of hydrogen-bond donors (Lipinski definition) is 1. The van der Waals surface area contributed by atoms with Gasteiger partial charge in [0.25, 0.3) is 11.5 Å². The van der Waals surface area contributed by atoms with Crippen LogP contribution >= 0.6 is 46.4 Å². The zero-order valence-electron chi connectivity index (χ0n) is 14.4. The minimum absolute atomic E-state index is 0.0516. The standard InChI is InChI=1S/C20H14Cl4N2O2/c21-15-4-1-12(2-5-15)9-25-19(27)14-7-18(24)20(28)26(11-14)10-13-3-6-16(22)8-17(13)23/h1-8,11H,9-10H2,(H,25,27). The lowest BCUT2D eigenvalue weighted by atomic mass is 10.2. The number of benzene rings is 2. The van der Waals surface area contributed by atoms with Crippen LogP contribution in [0.15, 0.2) is 59.5 Å². The fourth-order valence-electron chi connectivity index (χ4n) is 2.56. The van der Waals surface area contributed by atoms with E-state index < -0.39 is 5.56 Å². The molecule has 0 aliphatic heterocycles.